The van der Waals surface area contributed by atoms with Gasteiger partial charge in [0.15, 0.2) is 0 Å². The quantitative estimate of drug-likeness (QED) is 0.682. The lowest BCUT2D eigenvalue weighted by molar-refractivity contribution is 0.339. The molecule has 76 valence electrons. The van der Waals surface area contributed by atoms with Crippen molar-refractivity contribution in [1.29, 1.82) is 0 Å². The van der Waals surface area contributed by atoms with Gasteiger partial charge in [0.1, 0.15) is 11.5 Å². The van der Waals surface area contributed by atoms with Crippen molar-refractivity contribution in [2.24, 2.45) is 0 Å². The van der Waals surface area contributed by atoms with E-state index in [1.807, 2.05) is 44.2 Å². The van der Waals surface area contributed by atoms with Crippen molar-refractivity contribution in [2.45, 2.75) is 13.8 Å². The van der Waals surface area contributed by atoms with E-state index in [2.05, 4.69) is 0 Å². The van der Waals surface area contributed by atoms with Crippen LogP contribution in [0.15, 0.2) is 30.3 Å². The van der Waals surface area contributed by atoms with Crippen molar-refractivity contribution in [1.82, 2.24) is 0 Å². The first-order valence-electron chi connectivity index (χ1n) is 4.75. The Morgan fingerprint density at radius 2 is 2.21 bits per heavy atom. The second kappa shape index (κ2) is 5.32. The predicted molar refractivity (Wildman–Crippen MR) is 58.3 cm³/mol. The highest BCUT2D eigenvalue weighted by atomic mass is 16.5. The number of hydrogen-bond acceptors (Lipinski definition) is 2. The van der Waals surface area contributed by atoms with Crippen LogP contribution < -0.4 is 4.74 Å². The molecule has 0 saturated heterocycles. The summed E-state index contributed by atoms with van der Waals surface area (Å²) in [5.74, 6) is 1.74. The molecular formula is C12H16O2. The molecule has 1 aromatic rings. The minimum Gasteiger partial charge on any atom is -0.496 e. The van der Waals surface area contributed by atoms with Crippen LogP contribution in [0.2, 0.25) is 0 Å². The molecule has 0 radical (unpaired) electrons. The van der Waals surface area contributed by atoms with Crippen LogP contribution >= 0.6 is 0 Å². The van der Waals surface area contributed by atoms with Gasteiger partial charge in [-0.3, -0.25) is 0 Å². The fourth-order valence-corrected chi connectivity index (χ4v) is 1.31. The topological polar surface area (TPSA) is 18.5 Å². The highest BCUT2D eigenvalue weighted by Gasteiger charge is 2.01. The SMILES string of the molecule is C/C=C(/OC)c1cccc(OCC)c1. The zero-order valence-electron chi connectivity index (χ0n) is 8.91. The first kappa shape index (κ1) is 10.6. The third-order valence-electron chi connectivity index (χ3n) is 1.91. The molecule has 0 aliphatic rings. The average Bonchev–Trinajstić information content (AvgIpc) is 2.21. The normalized spacial score (nSPS) is 11.2. The lowest BCUT2D eigenvalue weighted by Gasteiger charge is -2.08. The highest BCUT2D eigenvalue weighted by Crippen LogP contribution is 2.20. The molecule has 1 aromatic carbocycles. The summed E-state index contributed by atoms with van der Waals surface area (Å²) in [5, 5.41) is 0. The molecule has 2 nitrogen and oxygen atoms in total. The molecule has 1 rings (SSSR count). The van der Waals surface area contributed by atoms with Crippen LogP contribution in [0.3, 0.4) is 0 Å². The van der Waals surface area contributed by atoms with Crippen molar-refractivity contribution < 1.29 is 9.47 Å². The van der Waals surface area contributed by atoms with Gasteiger partial charge in [0, 0.05) is 5.56 Å². The monoisotopic (exact) mass is 192 g/mol. The Kier molecular flexibility index (Phi) is 4.05. The third-order valence-corrected chi connectivity index (χ3v) is 1.91. The van der Waals surface area contributed by atoms with E-state index < -0.39 is 0 Å². The number of allylic oxidation sites excluding steroid dienone is 1. The van der Waals surface area contributed by atoms with Gasteiger partial charge in [0.25, 0.3) is 0 Å². The van der Waals surface area contributed by atoms with Gasteiger partial charge >= 0.3 is 0 Å². The number of methoxy groups -OCH3 is 1. The standard InChI is InChI=1S/C12H16O2/c1-4-12(13-3)10-7-6-8-11(9-10)14-5-2/h4,6-9H,5H2,1-3H3/b12-4+. The van der Waals surface area contributed by atoms with Crippen molar-refractivity contribution in [3.05, 3.63) is 35.9 Å². The van der Waals surface area contributed by atoms with E-state index in [0.29, 0.717) is 6.61 Å². The largest absolute Gasteiger partial charge is 0.496 e. The van der Waals surface area contributed by atoms with Crippen molar-refractivity contribution in [3.8, 4) is 5.75 Å². The molecule has 0 heterocycles. The maximum absolute atomic E-state index is 5.40. The summed E-state index contributed by atoms with van der Waals surface area (Å²) < 4.78 is 10.6. The number of hydrogen-bond donors (Lipinski definition) is 0. The molecule has 0 aromatic heterocycles. The predicted octanol–water partition coefficient (Wildman–Crippen LogP) is 3.09. The Labute approximate surface area is 85.2 Å². The third kappa shape index (κ3) is 2.52. The van der Waals surface area contributed by atoms with Crippen LogP contribution in [-0.2, 0) is 4.74 Å². The van der Waals surface area contributed by atoms with Crippen molar-refractivity contribution >= 4 is 5.76 Å². The molecule has 0 aliphatic heterocycles. The van der Waals surface area contributed by atoms with Gasteiger partial charge < -0.3 is 9.47 Å². The number of rotatable bonds is 4. The van der Waals surface area contributed by atoms with Gasteiger partial charge in [0.2, 0.25) is 0 Å². The molecule has 0 fully saturated rings. The molecule has 0 atom stereocenters. The van der Waals surface area contributed by atoms with E-state index in [-0.39, 0.29) is 0 Å². The van der Waals surface area contributed by atoms with Crippen LogP contribution in [0, 0.1) is 0 Å². The Morgan fingerprint density at radius 3 is 2.79 bits per heavy atom. The van der Waals surface area contributed by atoms with E-state index in [0.717, 1.165) is 17.1 Å². The van der Waals surface area contributed by atoms with Gasteiger partial charge in [-0.05, 0) is 32.1 Å². The van der Waals surface area contributed by atoms with E-state index >= 15 is 0 Å². The minimum atomic E-state index is 0.682. The lowest BCUT2D eigenvalue weighted by Crippen LogP contribution is -1.93. The number of benzene rings is 1. The summed E-state index contributed by atoms with van der Waals surface area (Å²) >= 11 is 0. The van der Waals surface area contributed by atoms with E-state index in [9.17, 15) is 0 Å². The highest BCUT2D eigenvalue weighted by molar-refractivity contribution is 5.60. The second-order valence-electron chi connectivity index (χ2n) is 2.82. The van der Waals surface area contributed by atoms with Gasteiger partial charge in [-0.2, -0.15) is 0 Å². The van der Waals surface area contributed by atoms with Crippen molar-refractivity contribution in [3.63, 3.8) is 0 Å². The fraction of sp³-hybridized carbons (Fsp3) is 0.333. The van der Waals surface area contributed by atoms with E-state index in [1.54, 1.807) is 7.11 Å². The molecular weight excluding hydrogens is 176 g/mol. The van der Waals surface area contributed by atoms with Crippen LogP contribution in [0.1, 0.15) is 19.4 Å². The van der Waals surface area contributed by atoms with Crippen LogP contribution in [0.25, 0.3) is 5.76 Å². The molecule has 0 spiro atoms. The molecule has 0 N–H and O–H groups in total. The zero-order valence-corrected chi connectivity index (χ0v) is 8.91. The minimum absolute atomic E-state index is 0.682. The number of ether oxygens (including phenoxy) is 2. The Morgan fingerprint density at radius 1 is 1.43 bits per heavy atom. The van der Waals surface area contributed by atoms with E-state index in [4.69, 9.17) is 9.47 Å². The summed E-state index contributed by atoms with van der Waals surface area (Å²) in [6.07, 6.45) is 1.94. The summed E-state index contributed by atoms with van der Waals surface area (Å²) in [7, 11) is 1.67. The molecule has 2 heteroatoms. The molecule has 0 aliphatic carbocycles. The van der Waals surface area contributed by atoms with Gasteiger partial charge in [-0.25, -0.2) is 0 Å². The first-order valence-corrected chi connectivity index (χ1v) is 4.75. The molecule has 0 saturated carbocycles. The summed E-state index contributed by atoms with van der Waals surface area (Å²) in [4.78, 5) is 0. The van der Waals surface area contributed by atoms with Gasteiger partial charge in [0.05, 0.1) is 13.7 Å². The molecule has 0 unspecified atom stereocenters. The van der Waals surface area contributed by atoms with E-state index in [1.165, 1.54) is 0 Å². The fourth-order valence-electron chi connectivity index (χ4n) is 1.31. The summed E-state index contributed by atoms with van der Waals surface area (Å²) in [5.41, 5.74) is 1.04. The smallest absolute Gasteiger partial charge is 0.121 e. The first-order chi connectivity index (χ1) is 6.81. The Hall–Kier alpha value is -1.44. The maximum Gasteiger partial charge on any atom is 0.121 e. The summed E-state index contributed by atoms with van der Waals surface area (Å²) in [6.45, 7) is 4.60. The zero-order chi connectivity index (χ0) is 10.4. The lowest BCUT2D eigenvalue weighted by atomic mass is 10.2. The van der Waals surface area contributed by atoms with Gasteiger partial charge in [-0.1, -0.05) is 12.1 Å². The van der Waals surface area contributed by atoms with Crippen LogP contribution in [0.4, 0.5) is 0 Å². The summed E-state index contributed by atoms with van der Waals surface area (Å²) in [6, 6.07) is 7.88. The average molecular weight is 192 g/mol. The van der Waals surface area contributed by atoms with Crippen LogP contribution in [0.5, 0.6) is 5.75 Å². The molecule has 0 bridgehead atoms. The van der Waals surface area contributed by atoms with Crippen LogP contribution in [-0.4, -0.2) is 13.7 Å². The second-order valence-corrected chi connectivity index (χ2v) is 2.82. The van der Waals surface area contributed by atoms with Crippen molar-refractivity contribution in [2.75, 3.05) is 13.7 Å². The maximum atomic E-state index is 5.40. The Balaban J connectivity index is 2.92. The Bertz CT molecular complexity index is 316. The van der Waals surface area contributed by atoms with Gasteiger partial charge in [-0.15, -0.1) is 0 Å². The molecule has 0 amide bonds. The molecule has 14 heavy (non-hydrogen) atoms.